The molecule has 0 bridgehead atoms. The minimum Gasteiger partial charge on any atom is -0.468 e. The standard InChI is InChI=1S/C16H21N3O2S/c1-12-15(22-11-18-12)16(20)17-10-13(14-6-5-9-21-14)19-7-3-2-4-8-19/h5-6,9,11,13H,2-4,7-8,10H2,1H3,(H,17,20)/t13-/m1/s1. The van der Waals surface area contributed by atoms with Gasteiger partial charge >= 0.3 is 0 Å². The van der Waals surface area contributed by atoms with Gasteiger partial charge in [-0.2, -0.15) is 0 Å². The molecule has 0 radical (unpaired) electrons. The van der Waals surface area contributed by atoms with Gasteiger partial charge in [0.1, 0.15) is 10.6 Å². The molecule has 1 N–H and O–H groups in total. The molecule has 1 saturated heterocycles. The predicted molar refractivity (Wildman–Crippen MR) is 86.1 cm³/mol. The highest BCUT2D eigenvalue weighted by Gasteiger charge is 2.25. The minimum absolute atomic E-state index is 0.0476. The first kappa shape index (κ1) is 15.2. The second-order valence-corrected chi connectivity index (χ2v) is 6.46. The van der Waals surface area contributed by atoms with E-state index in [0.717, 1.165) is 24.5 Å². The minimum atomic E-state index is -0.0476. The molecule has 118 valence electrons. The summed E-state index contributed by atoms with van der Waals surface area (Å²) < 4.78 is 5.59. The van der Waals surface area contributed by atoms with E-state index < -0.39 is 0 Å². The highest BCUT2D eigenvalue weighted by Crippen LogP contribution is 2.24. The van der Waals surface area contributed by atoms with Crippen molar-refractivity contribution in [3.05, 3.63) is 40.2 Å². The highest BCUT2D eigenvalue weighted by atomic mass is 32.1. The van der Waals surface area contributed by atoms with Gasteiger partial charge in [-0.1, -0.05) is 6.42 Å². The molecule has 3 heterocycles. The first-order valence-electron chi connectivity index (χ1n) is 7.71. The average molecular weight is 319 g/mol. The highest BCUT2D eigenvalue weighted by molar-refractivity contribution is 7.11. The van der Waals surface area contributed by atoms with Crippen LogP contribution in [-0.2, 0) is 0 Å². The fourth-order valence-electron chi connectivity index (χ4n) is 2.91. The SMILES string of the molecule is Cc1ncsc1C(=O)NC[C@H](c1ccco1)N1CCCCC1. The number of hydrogen-bond acceptors (Lipinski definition) is 5. The van der Waals surface area contributed by atoms with Gasteiger partial charge in [0.15, 0.2) is 0 Å². The Balaban J connectivity index is 1.68. The van der Waals surface area contributed by atoms with Crippen LogP contribution in [0.25, 0.3) is 0 Å². The lowest BCUT2D eigenvalue weighted by Gasteiger charge is -2.33. The number of hydrogen-bond donors (Lipinski definition) is 1. The Morgan fingerprint density at radius 3 is 2.91 bits per heavy atom. The average Bonchev–Trinajstić information content (AvgIpc) is 3.20. The zero-order chi connectivity index (χ0) is 15.4. The van der Waals surface area contributed by atoms with Crippen LogP contribution in [0.2, 0.25) is 0 Å². The molecule has 0 spiro atoms. The lowest BCUT2D eigenvalue weighted by Crippen LogP contribution is -2.40. The van der Waals surface area contributed by atoms with Gasteiger partial charge < -0.3 is 9.73 Å². The van der Waals surface area contributed by atoms with Gasteiger partial charge in [0.2, 0.25) is 0 Å². The third-order valence-electron chi connectivity index (χ3n) is 4.11. The van der Waals surface area contributed by atoms with Crippen molar-refractivity contribution in [2.45, 2.75) is 32.2 Å². The number of furan rings is 1. The number of carbonyl (C=O) groups excluding carboxylic acids is 1. The van der Waals surface area contributed by atoms with Crippen molar-refractivity contribution in [2.75, 3.05) is 19.6 Å². The van der Waals surface area contributed by atoms with E-state index in [4.69, 9.17) is 4.42 Å². The third-order valence-corrected chi connectivity index (χ3v) is 5.04. The van der Waals surface area contributed by atoms with Gasteiger partial charge in [-0.25, -0.2) is 4.98 Å². The molecule has 22 heavy (non-hydrogen) atoms. The fraction of sp³-hybridized carbons (Fsp3) is 0.500. The summed E-state index contributed by atoms with van der Waals surface area (Å²) in [4.78, 5) is 19.5. The van der Waals surface area contributed by atoms with Crippen LogP contribution in [0, 0.1) is 6.92 Å². The Morgan fingerprint density at radius 1 is 1.45 bits per heavy atom. The Hall–Kier alpha value is -1.66. The van der Waals surface area contributed by atoms with E-state index in [1.165, 1.54) is 30.6 Å². The van der Waals surface area contributed by atoms with E-state index in [1.807, 2.05) is 19.1 Å². The van der Waals surface area contributed by atoms with Crippen LogP contribution in [0.4, 0.5) is 0 Å². The molecule has 3 rings (SSSR count). The summed E-state index contributed by atoms with van der Waals surface area (Å²) in [7, 11) is 0. The molecule has 5 nitrogen and oxygen atoms in total. The Labute approximate surface area is 134 Å². The third kappa shape index (κ3) is 3.39. The summed E-state index contributed by atoms with van der Waals surface area (Å²) in [5.74, 6) is 0.872. The van der Waals surface area contributed by atoms with Crippen molar-refractivity contribution in [3.63, 3.8) is 0 Å². The summed E-state index contributed by atoms with van der Waals surface area (Å²) in [6.45, 7) is 4.53. The van der Waals surface area contributed by atoms with Crippen LogP contribution in [0.1, 0.15) is 46.4 Å². The molecule has 1 aliphatic rings. The van der Waals surface area contributed by atoms with Crippen LogP contribution < -0.4 is 5.32 Å². The number of likely N-dealkylation sites (tertiary alicyclic amines) is 1. The van der Waals surface area contributed by atoms with Crippen LogP contribution in [0.5, 0.6) is 0 Å². The van der Waals surface area contributed by atoms with Crippen molar-refractivity contribution in [1.82, 2.24) is 15.2 Å². The molecule has 1 fully saturated rings. The smallest absolute Gasteiger partial charge is 0.263 e. The van der Waals surface area contributed by atoms with Crippen LogP contribution >= 0.6 is 11.3 Å². The van der Waals surface area contributed by atoms with Crippen molar-refractivity contribution in [3.8, 4) is 0 Å². The van der Waals surface area contributed by atoms with Crippen LogP contribution in [0.3, 0.4) is 0 Å². The quantitative estimate of drug-likeness (QED) is 0.920. The van der Waals surface area contributed by atoms with E-state index in [2.05, 4.69) is 15.2 Å². The molecule has 1 atom stereocenters. The lowest BCUT2D eigenvalue weighted by molar-refractivity contribution is 0.0917. The normalized spacial score (nSPS) is 17.3. The zero-order valence-corrected chi connectivity index (χ0v) is 13.6. The van der Waals surface area contributed by atoms with Gasteiger partial charge in [0.25, 0.3) is 5.91 Å². The number of nitrogens with zero attached hydrogens (tertiary/aromatic N) is 2. The topological polar surface area (TPSA) is 58.4 Å². The van der Waals surface area contributed by atoms with E-state index in [0.29, 0.717) is 11.4 Å². The van der Waals surface area contributed by atoms with E-state index in [1.54, 1.807) is 11.8 Å². The van der Waals surface area contributed by atoms with Crippen LogP contribution in [0.15, 0.2) is 28.3 Å². The predicted octanol–water partition coefficient (Wildman–Crippen LogP) is 3.00. The van der Waals surface area contributed by atoms with Crippen molar-refractivity contribution >= 4 is 17.2 Å². The molecule has 0 aromatic carbocycles. The number of aromatic nitrogens is 1. The molecule has 0 saturated carbocycles. The molecular weight excluding hydrogens is 298 g/mol. The second-order valence-electron chi connectivity index (χ2n) is 5.60. The van der Waals surface area contributed by atoms with Crippen molar-refractivity contribution < 1.29 is 9.21 Å². The first-order chi connectivity index (χ1) is 10.8. The summed E-state index contributed by atoms with van der Waals surface area (Å²) in [6, 6.07) is 4.00. The molecule has 1 amide bonds. The fourth-order valence-corrected chi connectivity index (χ4v) is 3.63. The van der Waals surface area contributed by atoms with E-state index >= 15 is 0 Å². The van der Waals surface area contributed by atoms with Gasteiger partial charge in [-0.15, -0.1) is 11.3 Å². The molecule has 0 unspecified atom stereocenters. The number of nitrogens with one attached hydrogen (secondary N) is 1. The summed E-state index contributed by atoms with van der Waals surface area (Å²) >= 11 is 1.38. The van der Waals surface area contributed by atoms with Gasteiger partial charge in [-0.3, -0.25) is 9.69 Å². The van der Waals surface area contributed by atoms with Gasteiger partial charge in [0.05, 0.1) is 23.5 Å². The first-order valence-corrected chi connectivity index (χ1v) is 8.59. The van der Waals surface area contributed by atoms with Gasteiger partial charge in [-0.05, 0) is 45.0 Å². The molecular formula is C16H21N3O2S. The zero-order valence-electron chi connectivity index (χ0n) is 12.7. The molecule has 2 aromatic rings. The maximum Gasteiger partial charge on any atom is 0.263 e. The number of aryl methyl sites for hydroxylation is 1. The number of thiazole rings is 1. The lowest BCUT2D eigenvalue weighted by atomic mass is 10.1. The maximum absolute atomic E-state index is 12.3. The number of piperidine rings is 1. The molecule has 0 aliphatic carbocycles. The van der Waals surface area contributed by atoms with Gasteiger partial charge in [0, 0.05) is 6.54 Å². The Bertz CT molecular complexity index is 603. The second kappa shape index (κ2) is 7.07. The summed E-state index contributed by atoms with van der Waals surface area (Å²) in [5.41, 5.74) is 2.49. The Morgan fingerprint density at radius 2 is 2.27 bits per heavy atom. The van der Waals surface area contributed by atoms with Crippen LogP contribution in [-0.4, -0.2) is 35.4 Å². The number of rotatable bonds is 5. The molecule has 6 heteroatoms. The molecule has 1 aliphatic heterocycles. The monoisotopic (exact) mass is 319 g/mol. The largest absolute Gasteiger partial charge is 0.468 e. The van der Waals surface area contributed by atoms with E-state index in [-0.39, 0.29) is 11.9 Å². The Kier molecular flexibility index (Phi) is 4.90. The summed E-state index contributed by atoms with van der Waals surface area (Å²) in [5, 5.41) is 3.04. The van der Waals surface area contributed by atoms with E-state index in [9.17, 15) is 4.79 Å². The molecule has 2 aromatic heterocycles. The van der Waals surface area contributed by atoms with Crippen molar-refractivity contribution in [2.24, 2.45) is 0 Å². The maximum atomic E-state index is 12.3. The summed E-state index contributed by atoms with van der Waals surface area (Å²) in [6.07, 6.45) is 5.40. The number of carbonyl (C=O) groups is 1. The van der Waals surface area contributed by atoms with Crippen molar-refractivity contribution in [1.29, 1.82) is 0 Å². The number of amides is 1.